The maximum absolute atomic E-state index is 13.0. The molecule has 29 heavy (non-hydrogen) atoms. The smallest absolute Gasteiger partial charge is 0.372 e. The van der Waals surface area contributed by atoms with Crippen molar-refractivity contribution in [3.8, 4) is 0 Å². The van der Waals surface area contributed by atoms with Crippen LogP contribution in [0.15, 0.2) is 18.6 Å². The van der Waals surface area contributed by atoms with Gasteiger partial charge >= 0.3 is 6.18 Å². The topological polar surface area (TPSA) is 85.5 Å². The second kappa shape index (κ2) is 7.05. The number of nitrogens with zero attached hydrogens (tertiary/aromatic N) is 6. The summed E-state index contributed by atoms with van der Waals surface area (Å²) >= 11 is 0. The van der Waals surface area contributed by atoms with E-state index < -0.39 is 17.3 Å². The van der Waals surface area contributed by atoms with E-state index in [4.69, 9.17) is 0 Å². The van der Waals surface area contributed by atoms with Crippen LogP contribution in [0.5, 0.6) is 0 Å². The third kappa shape index (κ3) is 3.89. The lowest BCUT2D eigenvalue weighted by Gasteiger charge is -2.24. The number of halogens is 3. The molecule has 3 rings (SSSR count). The van der Waals surface area contributed by atoms with Gasteiger partial charge in [0.2, 0.25) is 5.95 Å². The summed E-state index contributed by atoms with van der Waals surface area (Å²) in [4.78, 5) is 12.3. The molecule has 0 fully saturated rings. The number of alkyl halides is 3. The Balaban J connectivity index is 1.93. The molecule has 0 atom stereocenters. The molecule has 8 nitrogen and oxygen atoms in total. The molecule has 0 amide bonds. The first-order valence-electron chi connectivity index (χ1n) is 8.89. The maximum Gasteiger partial charge on any atom is 0.421 e. The number of imidazole rings is 1. The molecule has 0 aromatic carbocycles. The van der Waals surface area contributed by atoms with E-state index in [9.17, 15) is 13.2 Å². The maximum atomic E-state index is 13.0. The minimum absolute atomic E-state index is 0.0376. The number of nitrogens with one attached hydrogen (secondary N) is 2. The first-order valence-corrected chi connectivity index (χ1v) is 8.89. The molecule has 0 spiro atoms. The minimum Gasteiger partial charge on any atom is -0.372 e. The van der Waals surface area contributed by atoms with Crippen molar-refractivity contribution in [2.24, 2.45) is 7.05 Å². The summed E-state index contributed by atoms with van der Waals surface area (Å²) in [6, 6.07) is 0. The fraction of sp³-hybridized carbons (Fsp3) is 0.444. The first kappa shape index (κ1) is 20.6. The van der Waals surface area contributed by atoms with Crippen molar-refractivity contribution in [2.45, 2.75) is 39.4 Å². The highest BCUT2D eigenvalue weighted by atomic mass is 19.4. The van der Waals surface area contributed by atoms with Gasteiger partial charge in [-0.15, -0.1) is 0 Å². The van der Waals surface area contributed by atoms with Gasteiger partial charge in [0.05, 0.1) is 17.1 Å². The average Bonchev–Trinajstić information content (AvgIpc) is 3.16. The van der Waals surface area contributed by atoms with E-state index in [1.807, 2.05) is 38.6 Å². The second-order valence-electron chi connectivity index (χ2n) is 7.28. The number of anilines is 3. The van der Waals surface area contributed by atoms with Gasteiger partial charge in [-0.2, -0.15) is 23.3 Å². The zero-order chi connectivity index (χ0) is 21.6. The highest BCUT2D eigenvalue weighted by Gasteiger charge is 2.35. The first-order chi connectivity index (χ1) is 13.4. The van der Waals surface area contributed by atoms with Crippen LogP contribution in [0, 0.1) is 13.8 Å². The molecule has 0 unspecified atom stereocenters. The summed E-state index contributed by atoms with van der Waals surface area (Å²) in [5.41, 5.74) is 0.661. The van der Waals surface area contributed by atoms with Gasteiger partial charge < -0.3 is 15.2 Å². The zero-order valence-corrected chi connectivity index (χ0v) is 17.0. The lowest BCUT2D eigenvalue weighted by molar-refractivity contribution is -0.137. The Kier molecular flexibility index (Phi) is 5.01. The summed E-state index contributed by atoms with van der Waals surface area (Å²) in [5.74, 6) is 0.562. The summed E-state index contributed by atoms with van der Waals surface area (Å²) in [5, 5.41) is 9.96. The molecular formula is C18H23F3N8. The van der Waals surface area contributed by atoms with Gasteiger partial charge in [-0.25, -0.2) is 9.97 Å². The van der Waals surface area contributed by atoms with Crippen molar-refractivity contribution >= 4 is 17.5 Å². The largest absolute Gasteiger partial charge is 0.421 e. The monoisotopic (exact) mass is 408 g/mol. The zero-order valence-electron chi connectivity index (χ0n) is 17.0. The van der Waals surface area contributed by atoms with Crippen LogP contribution >= 0.6 is 0 Å². The molecule has 0 aliphatic carbocycles. The lowest BCUT2D eigenvalue weighted by atomic mass is 10.1. The highest BCUT2D eigenvalue weighted by molar-refractivity contribution is 5.58. The number of aryl methyl sites for hydroxylation is 3. The van der Waals surface area contributed by atoms with Crippen molar-refractivity contribution in [1.29, 1.82) is 0 Å². The number of rotatable bonds is 5. The van der Waals surface area contributed by atoms with Gasteiger partial charge in [-0.1, -0.05) is 0 Å². The van der Waals surface area contributed by atoms with E-state index >= 15 is 0 Å². The Bertz CT molecular complexity index is 1030. The molecular weight excluding hydrogens is 385 g/mol. The third-order valence-corrected chi connectivity index (χ3v) is 4.59. The van der Waals surface area contributed by atoms with E-state index in [1.54, 1.807) is 17.8 Å². The van der Waals surface area contributed by atoms with E-state index in [0.717, 1.165) is 17.7 Å². The number of aromatic nitrogens is 6. The summed E-state index contributed by atoms with van der Waals surface area (Å²) in [6.07, 6.45) is -0.0925. The molecule has 156 valence electrons. The molecule has 0 bridgehead atoms. The van der Waals surface area contributed by atoms with E-state index in [1.165, 1.54) is 7.05 Å². The van der Waals surface area contributed by atoms with Crippen molar-refractivity contribution in [2.75, 3.05) is 17.7 Å². The molecule has 11 heteroatoms. The summed E-state index contributed by atoms with van der Waals surface area (Å²) < 4.78 is 42.8. The number of hydrogen-bond donors (Lipinski definition) is 2. The Morgan fingerprint density at radius 3 is 2.31 bits per heavy atom. The van der Waals surface area contributed by atoms with Gasteiger partial charge in [0.15, 0.2) is 0 Å². The molecule has 0 radical (unpaired) electrons. The van der Waals surface area contributed by atoms with Crippen LogP contribution in [0.2, 0.25) is 0 Å². The molecule has 3 aromatic heterocycles. The van der Waals surface area contributed by atoms with Gasteiger partial charge in [0, 0.05) is 32.7 Å². The van der Waals surface area contributed by atoms with E-state index in [-0.39, 0.29) is 11.8 Å². The normalized spacial score (nSPS) is 12.3. The number of hydrogen-bond acceptors (Lipinski definition) is 6. The highest BCUT2D eigenvalue weighted by Crippen LogP contribution is 2.34. The Hall–Kier alpha value is -3.11. The summed E-state index contributed by atoms with van der Waals surface area (Å²) in [6.45, 7) is 7.68. The average molecular weight is 408 g/mol. The standard InChI is InChI=1S/C18H23F3N8/c1-10-8-28(6)15(24-10)17(3,4)29-9-13(11(2)27-29)25-16-23-7-12(18(19,20)21)14(22-5)26-16/h7-9H,1-6H3,(H2,22,23,25,26). The minimum atomic E-state index is -4.54. The van der Waals surface area contributed by atoms with Crippen LogP contribution in [0.4, 0.5) is 30.6 Å². The molecule has 0 saturated heterocycles. The molecule has 0 aliphatic heterocycles. The molecule has 3 aromatic rings. The van der Waals surface area contributed by atoms with Crippen molar-refractivity contribution in [3.05, 3.63) is 41.4 Å². The lowest BCUT2D eigenvalue weighted by Crippen LogP contribution is -2.31. The van der Waals surface area contributed by atoms with Crippen molar-refractivity contribution < 1.29 is 13.2 Å². The van der Waals surface area contributed by atoms with E-state index in [2.05, 4.69) is 30.7 Å². The molecule has 3 heterocycles. The summed E-state index contributed by atoms with van der Waals surface area (Å²) in [7, 11) is 3.30. The van der Waals surface area contributed by atoms with Gasteiger partial charge in [0.25, 0.3) is 0 Å². The Morgan fingerprint density at radius 2 is 1.76 bits per heavy atom. The molecule has 2 N–H and O–H groups in total. The van der Waals surface area contributed by atoms with Crippen LogP contribution in [-0.2, 0) is 18.8 Å². The van der Waals surface area contributed by atoms with Gasteiger partial charge in [0.1, 0.15) is 22.7 Å². The quantitative estimate of drug-likeness (QED) is 0.671. The predicted molar refractivity (Wildman–Crippen MR) is 103 cm³/mol. The molecule has 0 aliphatic rings. The van der Waals surface area contributed by atoms with Crippen LogP contribution in [0.25, 0.3) is 0 Å². The fourth-order valence-electron chi connectivity index (χ4n) is 3.12. The van der Waals surface area contributed by atoms with Crippen LogP contribution in [-0.4, -0.2) is 36.3 Å². The van der Waals surface area contributed by atoms with Crippen LogP contribution in [0.3, 0.4) is 0 Å². The third-order valence-electron chi connectivity index (χ3n) is 4.59. The SMILES string of the molecule is CNc1nc(Nc2cn(C(C)(C)c3nc(C)cn3C)nc2C)ncc1C(F)(F)F. The van der Waals surface area contributed by atoms with Gasteiger partial charge in [-0.3, -0.25) is 4.68 Å². The predicted octanol–water partition coefficient (Wildman–Crippen LogP) is 3.61. The van der Waals surface area contributed by atoms with Gasteiger partial charge in [-0.05, 0) is 27.7 Å². The Morgan fingerprint density at radius 1 is 1.07 bits per heavy atom. The van der Waals surface area contributed by atoms with Crippen LogP contribution in [0.1, 0.15) is 36.6 Å². The van der Waals surface area contributed by atoms with Crippen molar-refractivity contribution in [1.82, 2.24) is 29.3 Å². The van der Waals surface area contributed by atoms with Crippen LogP contribution < -0.4 is 10.6 Å². The molecule has 0 saturated carbocycles. The fourth-order valence-corrected chi connectivity index (χ4v) is 3.12. The second-order valence-corrected chi connectivity index (χ2v) is 7.28. The van der Waals surface area contributed by atoms with Crippen molar-refractivity contribution in [3.63, 3.8) is 0 Å². The van der Waals surface area contributed by atoms with E-state index in [0.29, 0.717) is 11.4 Å². The Labute approximate surface area is 166 Å².